The van der Waals surface area contributed by atoms with E-state index in [2.05, 4.69) is 22.1 Å². The smallest absolute Gasteiger partial charge is 0.0627 e. The van der Waals surface area contributed by atoms with Crippen LogP contribution in [0, 0.1) is 5.75 Å². The largest absolute Gasteiger partial charge is 0.307 e. The summed E-state index contributed by atoms with van der Waals surface area (Å²) in [4.78, 5) is 4.30. The van der Waals surface area contributed by atoms with Gasteiger partial charge >= 0.3 is 0 Å². The zero-order valence-corrected chi connectivity index (χ0v) is 7.55. The summed E-state index contributed by atoms with van der Waals surface area (Å²) >= 11 is 1.87. The molecule has 1 saturated heterocycles. The van der Waals surface area contributed by atoms with Gasteiger partial charge in [0.25, 0.3) is 0 Å². The Morgan fingerprint density at radius 3 is 3.17 bits per heavy atom. The molecule has 2 heterocycles. The fourth-order valence-electron chi connectivity index (χ4n) is 1.22. The number of nitrogens with zero attached hydrogens (tertiary/aromatic N) is 1. The summed E-state index contributed by atoms with van der Waals surface area (Å²) in [6, 6.07) is 6.36. The Labute approximate surface area is 76.8 Å². The van der Waals surface area contributed by atoms with Crippen molar-refractivity contribution in [3.63, 3.8) is 0 Å². The topological polar surface area (TPSA) is 24.9 Å². The Morgan fingerprint density at radius 2 is 2.50 bits per heavy atom. The molecular weight excluding hydrogens is 168 g/mol. The second-order valence-electron chi connectivity index (χ2n) is 2.69. The summed E-state index contributed by atoms with van der Waals surface area (Å²) in [5.41, 5.74) is 1.12. The van der Waals surface area contributed by atoms with Crippen LogP contribution < -0.4 is 5.32 Å². The van der Waals surface area contributed by atoms with Crippen molar-refractivity contribution in [2.24, 2.45) is 0 Å². The SMILES string of the molecule is [CH]1SCCNC1c1ccccn1. The van der Waals surface area contributed by atoms with Crippen molar-refractivity contribution in [2.75, 3.05) is 12.3 Å². The van der Waals surface area contributed by atoms with Crippen LogP contribution in [-0.2, 0) is 0 Å². The number of hydrogen-bond donors (Lipinski definition) is 1. The first-order valence-electron chi connectivity index (χ1n) is 4.06. The molecule has 12 heavy (non-hydrogen) atoms. The van der Waals surface area contributed by atoms with E-state index in [4.69, 9.17) is 0 Å². The van der Waals surface area contributed by atoms with Crippen LogP contribution in [0.1, 0.15) is 11.7 Å². The lowest BCUT2D eigenvalue weighted by molar-refractivity contribution is 0.614. The van der Waals surface area contributed by atoms with Gasteiger partial charge in [0, 0.05) is 24.2 Å². The van der Waals surface area contributed by atoms with Gasteiger partial charge in [-0.3, -0.25) is 4.98 Å². The van der Waals surface area contributed by atoms with Crippen LogP contribution in [-0.4, -0.2) is 17.3 Å². The first-order valence-corrected chi connectivity index (χ1v) is 5.11. The minimum atomic E-state index is 0.338. The molecule has 0 saturated carbocycles. The Kier molecular flexibility index (Phi) is 2.64. The molecule has 1 fully saturated rings. The van der Waals surface area contributed by atoms with Gasteiger partial charge in [-0.25, -0.2) is 0 Å². The molecule has 2 rings (SSSR count). The highest BCUT2D eigenvalue weighted by molar-refractivity contribution is 8.01. The van der Waals surface area contributed by atoms with Crippen molar-refractivity contribution in [1.82, 2.24) is 10.3 Å². The Morgan fingerprint density at radius 1 is 1.50 bits per heavy atom. The molecule has 3 heteroatoms. The van der Waals surface area contributed by atoms with Crippen molar-refractivity contribution in [3.8, 4) is 0 Å². The number of thioether (sulfide) groups is 1. The van der Waals surface area contributed by atoms with E-state index in [1.54, 1.807) is 0 Å². The maximum absolute atomic E-state index is 4.30. The molecule has 1 aliphatic rings. The van der Waals surface area contributed by atoms with Gasteiger partial charge in [0.05, 0.1) is 11.7 Å². The normalized spacial score (nSPS) is 23.8. The number of rotatable bonds is 1. The van der Waals surface area contributed by atoms with Gasteiger partial charge in [-0.05, 0) is 12.1 Å². The Balaban J connectivity index is 2.08. The quantitative estimate of drug-likeness (QED) is 0.709. The van der Waals surface area contributed by atoms with Crippen LogP contribution in [0.5, 0.6) is 0 Å². The lowest BCUT2D eigenvalue weighted by Gasteiger charge is -2.21. The summed E-state index contributed by atoms with van der Waals surface area (Å²) in [6.45, 7) is 1.07. The second kappa shape index (κ2) is 3.92. The zero-order chi connectivity index (χ0) is 8.23. The molecule has 1 atom stereocenters. The second-order valence-corrected chi connectivity index (χ2v) is 3.71. The summed E-state index contributed by atoms with van der Waals surface area (Å²) < 4.78 is 0. The van der Waals surface area contributed by atoms with Crippen LogP contribution in [0.15, 0.2) is 24.4 Å². The number of nitrogens with one attached hydrogen (secondary N) is 1. The number of pyridine rings is 1. The fraction of sp³-hybridized carbons (Fsp3) is 0.333. The van der Waals surface area contributed by atoms with Gasteiger partial charge in [0.1, 0.15) is 0 Å². The highest BCUT2D eigenvalue weighted by atomic mass is 32.2. The molecular formula is C9H11N2S. The molecule has 0 spiro atoms. The lowest BCUT2D eigenvalue weighted by Crippen LogP contribution is -2.28. The number of hydrogen-bond acceptors (Lipinski definition) is 3. The molecule has 1 aliphatic heterocycles. The third-order valence-electron chi connectivity index (χ3n) is 1.82. The van der Waals surface area contributed by atoms with Crippen LogP contribution in [0.25, 0.3) is 0 Å². The molecule has 1 aromatic heterocycles. The molecule has 1 radical (unpaired) electrons. The predicted molar refractivity (Wildman–Crippen MR) is 51.7 cm³/mol. The standard InChI is InChI=1S/C9H11N2S/c1-2-4-10-8(3-1)9-7-12-6-5-11-9/h1-4,7,9,11H,5-6H2. The molecule has 63 valence electrons. The predicted octanol–water partition coefficient (Wildman–Crippen LogP) is 1.62. The third kappa shape index (κ3) is 1.79. The van der Waals surface area contributed by atoms with Crippen molar-refractivity contribution in [3.05, 3.63) is 35.8 Å². The summed E-state index contributed by atoms with van der Waals surface area (Å²) in [5, 5.41) is 3.40. The van der Waals surface area contributed by atoms with E-state index >= 15 is 0 Å². The van der Waals surface area contributed by atoms with E-state index in [1.165, 1.54) is 5.75 Å². The Bertz CT molecular complexity index is 232. The van der Waals surface area contributed by atoms with Crippen molar-refractivity contribution < 1.29 is 0 Å². The molecule has 1 aromatic rings. The summed E-state index contributed by atoms with van der Waals surface area (Å²) in [6.07, 6.45) is 1.84. The van der Waals surface area contributed by atoms with E-state index in [0.29, 0.717) is 6.04 Å². The Hall–Kier alpha value is -0.540. The van der Waals surface area contributed by atoms with E-state index in [9.17, 15) is 0 Å². The van der Waals surface area contributed by atoms with Gasteiger partial charge in [-0.15, -0.1) is 0 Å². The van der Waals surface area contributed by atoms with E-state index in [0.717, 1.165) is 12.2 Å². The molecule has 0 amide bonds. The minimum Gasteiger partial charge on any atom is -0.307 e. The summed E-state index contributed by atoms with van der Waals surface area (Å²) in [7, 11) is 0. The monoisotopic (exact) mass is 179 g/mol. The molecule has 1 unspecified atom stereocenters. The first-order chi connectivity index (χ1) is 5.97. The molecule has 0 aromatic carbocycles. The van der Waals surface area contributed by atoms with Crippen molar-refractivity contribution in [1.29, 1.82) is 0 Å². The third-order valence-corrected chi connectivity index (χ3v) is 2.73. The lowest BCUT2D eigenvalue weighted by atomic mass is 10.2. The average molecular weight is 179 g/mol. The molecule has 0 aliphatic carbocycles. The number of aromatic nitrogens is 1. The van der Waals surface area contributed by atoms with Gasteiger partial charge < -0.3 is 5.32 Å². The highest BCUT2D eigenvalue weighted by Crippen LogP contribution is 2.24. The van der Waals surface area contributed by atoms with E-state index < -0.39 is 0 Å². The van der Waals surface area contributed by atoms with Gasteiger partial charge in [0.2, 0.25) is 0 Å². The highest BCUT2D eigenvalue weighted by Gasteiger charge is 2.15. The molecule has 0 bridgehead atoms. The average Bonchev–Trinajstić information content (AvgIpc) is 2.21. The van der Waals surface area contributed by atoms with Gasteiger partial charge in [-0.2, -0.15) is 11.8 Å². The van der Waals surface area contributed by atoms with E-state index in [1.807, 2.05) is 30.1 Å². The van der Waals surface area contributed by atoms with Crippen LogP contribution in [0.3, 0.4) is 0 Å². The maximum Gasteiger partial charge on any atom is 0.0627 e. The van der Waals surface area contributed by atoms with Crippen molar-refractivity contribution >= 4 is 11.8 Å². The van der Waals surface area contributed by atoms with Crippen LogP contribution in [0.4, 0.5) is 0 Å². The zero-order valence-electron chi connectivity index (χ0n) is 6.73. The van der Waals surface area contributed by atoms with Crippen LogP contribution >= 0.6 is 11.8 Å². The molecule has 2 nitrogen and oxygen atoms in total. The fourth-order valence-corrected chi connectivity index (χ4v) is 2.02. The van der Waals surface area contributed by atoms with Crippen LogP contribution in [0.2, 0.25) is 0 Å². The minimum absolute atomic E-state index is 0.338. The van der Waals surface area contributed by atoms with Gasteiger partial charge in [0.15, 0.2) is 0 Å². The van der Waals surface area contributed by atoms with Crippen molar-refractivity contribution in [2.45, 2.75) is 6.04 Å². The maximum atomic E-state index is 4.30. The first kappa shape index (κ1) is 8.08. The molecule has 1 N–H and O–H groups in total. The summed E-state index contributed by atoms with van der Waals surface area (Å²) in [5.74, 6) is 3.38. The van der Waals surface area contributed by atoms with Gasteiger partial charge in [-0.1, -0.05) is 6.07 Å². The van der Waals surface area contributed by atoms with E-state index in [-0.39, 0.29) is 0 Å².